The lowest BCUT2D eigenvalue weighted by Gasteiger charge is -2.12. The summed E-state index contributed by atoms with van der Waals surface area (Å²) in [6, 6.07) is 6.15. The first-order chi connectivity index (χ1) is 12.4. The van der Waals surface area contributed by atoms with Gasteiger partial charge < -0.3 is 10.6 Å². The molecule has 0 spiro atoms. The van der Waals surface area contributed by atoms with Gasteiger partial charge in [0.15, 0.2) is 0 Å². The number of hydrogen-bond acceptors (Lipinski definition) is 4. The Morgan fingerprint density at radius 1 is 1.08 bits per heavy atom. The minimum Gasteiger partial charge on any atom is -0.356 e. The van der Waals surface area contributed by atoms with Gasteiger partial charge >= 0.3 is 0 Å². The van der Waals surface area contributed by atoms with E-state index in [1.807, 2.05) is 0 Å². The molecule has 0 bridgehead atoms. The molecule has 1 aromatic carbocycles. The molecule has 1 saturated carbocycles. The molecule has 1 aliphatic rings. The molecule has 2 rings (SSSR count). The van der Waals surface area contributed by atoms with Crippen LogP contribution in [0.15, 0.2) is 29.2 Å². The normalized spacial score (nSPS) is 15.0. The summed E-state index contributed by atoms with van der Waals surface area (Å²) < 4.78 is 26.5. The Kier molecular flexibility index (Phi) is 7.86. The number of amides is 2. The highest BCUT2D eigenvalue weighted by Crippen LogP contribution is 2.17. The zero-order valence-corrected chi connectivity index (χ0v) is 16.0. The first-order valence-electron chi connectivity index (χ1n) is 8.68. The van der Waals surface area contributed by atoms with Crippen molar-refractivity contribution >= 4 is 33.4 Å². The lowest BCUT2D eigenvalue weighted by Crippen LogP contribution is -2.36. The molecule has 0 radical (unpaired) electrons. The summed E-state index contributed by atoms with van der Waals surface area (Å²) in [4.78, 5) is 23.5. The second-order valence-electron chi connectivity index (χ2n) is 6.25. The molecular formula is C17H24ClN3O4S. The van der Waals surface area contributed by atoms with Crippen molar-refractivity contribution in [3.05, 3.63) is 29.3 Å². The van der Waals surface area contributed by atoms with E-state index in [4.69, 9.17) is 11.6 Å². The fourth-order valence-corrected chi connectivity index (χ4v) is 4.12. The molecule has 1 fully saturated rings. The fourth-order valence-electron chi connectivity index (χ4n) is 2.79. The quantitative estimate of drug-likeness (QED) is 0.584. The van der Waals surface area contributed by atoms with E-state index in [9.17, 15) is 18.0 Å². The molecule has 1 aliphatic carbocycles. The molecule has 3 N–H and O–H groups in total. The smallest absolute Gasteiger partial charge is 0.240 e. The lowest BCUT2D eigenvalue weighted by atomic mass is 10.2. The van der Waals surface area contributed by atoms with Crippen LogP contribution in [0.25, 0.3) is 0 Å². The Balaban J connectivity index is 1.63. The minimum atomic E-state index is -3.70. The van der Waals surface area contributed by atoms with Crippen molar-refractivity contribution in [2.75, 3.05) is 13.1 Å². The number of hydrogen-bond donors (Lipinski definition) is 3. The maximum atomic E-state index is 12.1. The van der Waals surface area contributed by atoms with Gasteiger partial charge in [-0.1, -0.05) is 30.5 Å². The summed E-state index contributed by atoms with van der Waals surface area (Å²) in [5.41, 5.74) is 0. The van der Waals surface area contributed by atoms with Crippen LogP contribution >= 0.6 is 11.6 Å². The molecule has 0 aliphatic heterocycles. The van der Waals surface area contributed by atoms with Gasteiger partial charge in [0.05, 0.1) is 4.90 Å². The van der Waals surface area contributed by atoms with Gasteiger partial charge in [-0.15, -0.1) is 0 Å². The first-order valence-corrected chi connectivity index (χ1v) is 10.5. The van der Waals surface area contributed by atoms with Crippen molar-refractivity contribution in [3.8, 4) is 0 Å². The van der Waals surface area contributed by atoms with Gasteiger partial charge in [0, 0.05) is 37.0 Å². The average Bonchev–Trinajstić information content (AvgIpc) is 3.07. The average molecular weight is 402 g/mol. The molecule has 144 valence electrons. The number of rotatable bonds is 9. The largest absolute Gasteiger partial charge is 0.356 e. The molecule has 26 heavy (non-hydrogen) atoms. The number of carbonyl (C=O) groups excluding carboxylic acids is 2. The topological polar surface area (TPSA) is 104 Å². The molecule has 7 nitrogen and oxygen atoms in total. The summed E-state index contributed by atoms with van der Waals surface area (Å²) in [7, 11) is -3.70. The van der Waals surface area contributed by atoms with Crippen molar-refractivity contribution in [2.24, 2.45) is 0 Å². The number of carbonyl (C=O) groups is 2. The maximum absolute atomic E-state index is 12.1. The first kappa shape index (κ1) is 20.7. The third-order valence-corrected chi connectivity index (χ3v) is 5.84. The highest BCUT2D eigenvalue weighted by atomic mass is 35.5. The standard InChI is InChI=1S/C17H24ClN3O4S/c18-13-4-3-7-15(12-13)26(24,25)20-11-9-16(22)19-10-8-17(23)21-14-5-1-2-6-14/h3-4,7,12,14,20H,1-2,5-6,8-11H2,(H,19,22)(H,21,23). The molecule has 0 aromatic heterocycles. The molecule has 0 saturated heterocycles. The minimum absolute atomic E-state index is 0.00988. The molecular weight excluding hydrogens is 378 g/mol. The van der Waals surface area contributed by atoms with Crippen molar-refractivity contribution in [3.63, 3.8) is 0 Å². The predicted octanol–water partition coefficient (Wildman–Crippen LogP) is 1.57. The van der Waals surface area contributed by atoms with E-state index in [0.29, 0.717) is 5.02 Å². The van der Waals surface area contributed by atoms with Crippen molar-refractivity contribution in [2.45, 2.75) is 49.5 Å². The molecule has 2 amide bonds. The summed E-state index contributed by atoms with van der Waals surface area (Å²) in [6.45, 7) is 0.202. The number of nitrogens with one attached hydrogen (secondary N) is 3. The van der Waals surface area contributed by atoms with Crippen LogP contribution in [0.4, 0.5) is 0 Å². The Hall–Kier alpha value is -1.64. The summed E-state index contributed by atoms with van der Waals surface area (Å²) in [5.74, 6) is -0.383. The van der Waals surface area contributed by atoms with Gasteiger partial charge in [-0.05, 0) is 31.0 Å². The predicted molar refractivity (Wildman–Crippen MR) is 99.3 cm³/mol. The summed E-state index contributed by atoms with van der Waals surface area (Å²) in [5, 5.41) is 5.88. The van der Waals surface area contributed by atoms with Crippen LogP contribution in [0.5, 0.6) is 0 Å². The molecule has 0 atom stereocenters. The van der Waals surface area contributed by atoms with Gasteiger partial charge in [0.25, 0.3) is 0 Å². The van der Waals surface area contributed by atoms with Crippen molar-refractivity contribution in [1.29, 1.82) is 0 Å². The Morgan fingerprint density at radius 3 is 2.46 bits per heavy atom. The Bertz CT molecular complexity index is 733. The van der Waals surface area contributed by atoms with E-state index in [1.54, 1.807) is 12.1 Å². The zero-order chi connectivity index (χ0) is 19.0. The monoisotopic (exact) mass is 401 g/mol. The van der Waals surface area contributed by atoms with Crippen molar-refractivity contribution in [1.82, 2.24) is 15.4 Å². The van der Waals surface area contributed by atoms with Gasteiger partial charge in [0.2, 0.25) is 21.8 Å². The van der Waals surface area contributed by atoms with Crippen molar-refractivity contribution < 1.29 is 18.0 Å². The Labute approximate surface area is 158 Å². The van der Waals surface area contributed by atoms with Crippen LogP contribution in [-0.2, 0) is 19.6 Å². The number of halogens is 1. The molecule has 1 aromatic rings. The SMILES string of the molecule is O=C(CCNS(=O)(=O)c1cccc(Cl)c1)NCCC(=O)NC1CCCC1. The van der Waals surface area contributed by atoms with Crippen LogP contribution in [0.1, 0.15) is 38.5 Å². The second kappa shape index (κ2) is 9.89. The highest BCUT2D eigenvalue weighted by Gasteiger charge is 2.17. The second-order valence-corrected chi connectivity index (χ2v) is 8.46. The van der Waals surface area contributed by atoms with Gasteiger partial charge in [-0.3, -0.25) is 9.59 Å². The van der Waals surface area contributed by atoms with Crippen LogP contribution in [0.3, 0.4) is 0 Å². The number of benzene rings is 1. The molecule has 0 unspecified atom stereocenters. The Morgan fingerprint density at radius 2 is 1.77 bits per heavy atom. The third kappa shape index (κ3) is 6.93. The van der Waals surface area contributed by atoms with E-state index in [1.165, 1.54) is 12.1 Å². The molecule has 9 heteroatoms. The van der Waals surface area contributed by atoms with E-state index < -0.39 is 10.0 Å². The van der Waals surface area contributed by atoms with Gasteiger partial charge in [-0.2, -0.15) is 0 Å². The summed E-state index contributed by atoms with van der Waals surface area (Å²) in [6.07, 6.45) is 4.54. The fraction of sp³-hybridized carbons (Fsp3) is 0.529. The molecule has 0 heterocycles. The van der Waals surface area contributed by atoms with E-state index >= 15 is 0 Å². The van der Waals surface area contributed by atoms with Crippen LogP contribution in [-0.4, -0.2) is 39.4 Å². The van der Waals surface area contributed by atoms with E-state index in [2.05, 4.69) is 15.4 Å². The van der Waals surface area contributed by atoms with E-state index in [0.717, 1.165) is 25.7 Å². The van der Waals surface area contributed by atoms with Gasteiger partial charge in [-0.25, -0.2) is 13.1 Å². The highest BCUT2D eigenvalue weighted by molar-refractivity contribution is 7.89. The summed E-state index contributed by atoms with van der Waals surface area (Å²) >= 11 is 5.78. The number of sulfonamides is 1. The zero-order valence-electron chi connectivity index (χ0n) is 14.5. The maximum Gasteiger partial charge on any atom is 0.240 e. The van der Waals surface area contributed by atoms with E-state index in [-0.39, 0.29) is 48.7 Å². The third-order valence-electron chi connectivity index (χ3n) is 4.15. The van der Waals surface area contributed by atoms with Gasteiger partial charge in [0.1, 0.15) is 0 Å². The lowest BCUT2D eigenvalue weighted by molar-refractivity contribution is -0.122. The van der Waals surface area contributed by atoms with Crippen LogP contribution in [0, 0.1) is 0 Å². The van der Waals surface area contributed by atoms with Crippen LogP contribution in [0.2, 0.25) is 5.02 Å². The van der Waals surface area contributed by atoms with Crippen LogP contribution < -0.4 is 15.4 Å².